The average molecular weight is 390 g/mol. The molecule has 0 unspecified atom stereocenters. The Balaban J connectivity index is 1.85. The molecule has 140 valence electrons. The van der Waals surface area contributed by atoms with Gasteiger partial charge in [-0.1, -0.05) is 17.7 Å². The van der Waals surface area contributed by atoms with E-state index in [1.54, 1.807) is 0 Å². The minimum absolute atomic E-state index is 0.0516. The van der Waals surface area contributed by atoms with Crippen LogP contribution in [0.15, 0.2) is 42.2 Å². The average Bonchev–Trinajstić information content (AvgIpc) is 2.94. The molecular formula is C20H17ClFNO4. The first-order valence-electron chi connectivity index (χ1n) is 8.43. The number of carbonyl (C=O) groups excluding carboxylic acids is 2. The lowest BCUT2D eigenvalue weighted by Crippen LogP contribution is -2.33. The number of halogens is 2. The van der Waals surface area contributed by atoms with Gasteiger partial charge < -0.3 is 14.4 Å². The number of ether oxygens (including phenoxy) is 2. The van der Waals surface area contributed by atoms with E-state index in [0.29, 0.717) is 18.7 Å². The van der Waals surface area contributed by atoms with Gasteiger partial charge in [-0.25, -0.2) is 9.18 Å². The first-order chi connectivity index (χ1) is 12.9. The van der Waals surface area contributed by atoms with Gasteiger partial charge in [-0.05, 0) is 44.2 Å². The lowest BCUT2D eigenvalue weighted by molar-refractivity contribution is 0.101. The maximum atomic E-state index is 14.0. The molecule has 0 N–H and O–H groups in total. The van der Waals surface area contributed by atoms with Gasteiger partial charge in [0, 0.05) is 24.7 Å². The molecule has 0 spiro atoms. The number of carbonyl (C=O) groups is 2. The lowest BCUT2D eigenvalue weighted by atomic mass is 10.1. The smallest absolute Gasteiger partial charge is 0.415 e. The van der Waals surface area contributed by atoms with Gasteiger partial charge in [-0.3, -0.25) is 4.79 Å². The second-order valence-corrected chi connectivity index (χ2v) is 6.18. The van der Waals surface area contributed by atoms with Gasteiger partial charge in [0.25, 0.3) is 0 Å². The third-order valence-electron chi connectivity index (χ3n) is 4.14. The summed E-state index contributed by atoms with van der Waals surface area (Å²) in [5.74, 6) is -0.515. The van der Waals surface area contributed by atoms with Crippen molar-refractivity contribution < 1.29 is 23.5 Å². The van der Waals surface area contributed by atoms with E-state index in [9.17, 15) is 14.0 Å². The first kappa shape index (κ1) is 18.9. The summed E-state index contributed by atoms with van der Waals surface area (Å²) in [5, 5.41) is 0.170. The van der Waals surface area contributed by atoms with Crippen LogP contribution in [-0.2, 0) is 0 Å². The molecule has 0 aromatic heterocycles. The highest BCUT2D eigenvalue weighted by molar-refractivity contribution is 6.32. The molecule has 0 saturated carbocycles. The fraction of sp³-hybridized carbons (Fsp3) is 0.200. The Labute approximate surface area is 160 Å². The summed E-state index contributed by atoms with van der Waals surface area (Å²) in [4.78, 5) is 26.0. The van der Waals surface area contributed by atoms with Crippen LogP contribution in [0.2, 0.25) is 5.02 Å². The summed E-state index contributed by atoms with van der Waals surface area (Å²) in [6, 6.07) is 8.72. The highest BCUT2D eigenvalue weighted by atomic mass is 35.5. The fourth-order valence-corrected chi connectivity index (χ4v) is 2.88. The first-order valence-corrected chi connectivity index (χ1v) is 8.81. The molecule has 2 aromatic rings. The third-order valence-corrected chi connectivity index (χ3v) is 4.47. The van der Waals surface area contributed by atoms with Crippen molar-refractivity contribution in [1.82, 2.24) is 4.90 Å². The molecule has 0 saturated heterocycles. The van der Waals surface area contributed by atoms with Gasteiger partial charge in [0.05, 0.1) is 10.6 Å². The van der Waals surface area contributed by atoms with E-state index in [1.807, 2.05) is 13.8 Å². The van der Waals surface area contributed by atoms with Crippen molar-refractivity contribution in [3.63, 3.8) is 0 Å². The normalized spacial score (nSPS) is 14.1. The van der Waals surface area contributed by atoms with Crippen LogP contribution in [0.4, 0.5) is 9.18 Å². The summed E-state index contributed by atoms with van der Waals surface area (Å²) in [7, 11) is 0. The number of hydrogen-bond acceptors (Lipinski definition) is 4. The Morgan fingerprint density at radius 2 is 2.00 bits per heavy atom. The third kappa shape index (κ3) is 3.80. The fourth-order valence-electron chi connectivity index (χ4n) is 2.66. The topological polar surface area (TPSA) is 55.8 Å². The maximum Gasteiger partial charge on any atom is 0.415 e. The summed E-state index contributed by atoms with van der Waals surface area (Å²) < 4.78 is 24.8. The number of ketones is 1. The number of fused-ring (bicyclic) bond motifs is 1. The van der Waals surface area contributed by atoms with Crippen molar-refractivity contribution in [3.05, 3.63) is 64.1 Å². The van der Waals surface area contributed by atoms with E-state index >= 15 is 0 Å². The van der Waals surface area contributed by atoms with Gasteiger partial charge in [-0.2, -0.15) is 0 Å². The van der Waals surface area contributed by atoms with Crippen molar-refractivity contribution in [2.45, 2.75) is 13.8 Å². The zero-order valence-electron chi connectivity index (χ0n) is 14.8. The van der Waals surface area contributed by atoms with Crippen LogP contribution in [0.25, 0.3) is 6.08 Å². The van der Waals surface area contributed by atoms with Crippen LogP contribution in [0.5, 0.6) is 11.5 Å². The van der Waals surface area contributed by atoms with Crippen LogP contribution in [0, 0.1) is 5.82 Å². The molecule has 3 rings (SSSR count). The predicted molar refractivity (Wildman–Crippen MR) is 99.7 cm³/mol. The number of rotatable bonds is 4. The highest BCUT2D eigenvalue weighted by Crippen LogP contribution is 2.36. The standard InChI is InChI=1S/C20H17ClFNO4/c1-3-23(4-2)20(25)26-12-8-9-13-17(10-12)27-18(19(13)24)11-14-15(21)6-5-7-16(14)22/h5-11H,3-4H2,1-2H3/b18-11+. The molecule has 0 bridgehead atoms. The minimum atomic E-state index is -0.559. The zero-order valence-corrected chi connectivity index (χ0v) is 15.5. The number of nitrogens with zero attached hydrogens (tertiary/aromatic N) is 1. The molecule has 0 atom stereocenters. The number of hydrogen-bond donors (Lipinski definition) is 0. The molecule has 5 nitrogen and oxygen atoms in total. The van der Waals surface area contributed by atoms with Gasteiger partial charge >= 0.3 is 6.09 Å². The van der Waals surface area contributed by atoms with Crippen molar-refractivity contribution in [2.24, 2.45) is 0 Å². The summed E-state index contributed by atoms with van der Waals surface area (Å²) in [6.07, 6.45) is 0.778. The quantitative estimate of drug-likeness (QED) is 0.695. The molecule has 1 amide bonds. The monoisotopic (exact) mass is 389 g/mol. The summed E-state index contributed by atoms with van der Waals surface area (Å²) >= 11 is 5.99. The predicted octanol–water partition coefficient (Wildman–Crippen LogP) is 4.94. The SMILES string of the molecule is CCN(CC)C(=O)Oc1ccc2c(c1)O/C(=C/c1c(F)cccc1Cl)C2=O. The molecule has 0 radical (unpaired) electrons. The van der Waals surface area contributed by atoms with Crippen LogP contribution >= 0.6 is 11.6 Å². The van der Waals surface area contributed by atoms with E-state index in [0.717, 1.165) is 0 Å². The molecule has 1 aliphatic rings. The van der Waals surface area contributed by atoms with Crippen LogP contribution in [0.1, 0.15) is 29.8 Å². The van der Waals surface area contributed by atoms with Gasteiger partial charge in [0.2, 0.25) is 5.78 Å². The number of benzene rings is 2. The Hall–Kier alpha value is -2.86. The molecule has 1 aliphatic heterocycles. The lowest BCUT2D eigenvalue weighted by Gasteiger charge is -2.17. The molecule has 0 fully saturated rings. The molecule has 7 heteroatoms. The number of allylic oxidation sites excluding steroid dienone is 1. The van der Waals surface area contributed by atoms with Crippen LogP contribution in [-0.4, -0.2) is 29.9 Å². The Morgan fingerprint density at radius 1 is 1.26 bits per heavy atom. The Bertz CT molecular complexity index is 917. The molecule has 2 aromatic carbocycles. The van der Waals surface area contributed by atoms with Gasteiger partial charge in [-0.15, -0.1) is 0 Å². The van der Waals surface area contributed by atoms with Gasteiger partial charge in [0.15, 0.2) is 5.76 Å². The maximum absolute atomic E-state index is 14.0. The second kappa shape index (κ2) is 7.80. The van der Waals surface area contributed by atoms with E-state index in [1.165, 1.54) is 47.4 Å². The van der Waals surface area contributed by atoms with E-state index in [-0.39, 0.29) is 27.8 Å². The van der Waals surface area contributed by atoms with Gasteiger partial charge in [0.1, 0.15) is 17.3 Å². The summed E-state index contributed by atoms with van der Waals surface area (Å²) in [6.45, 7) is 4.73. The van der Waals surface area contributed by atoms with Crippen LogP contribution < -0.4 is 9.47 Å². The Kier molecular flexibility index (Phi) is 5.46. The molecular weight excluding hydrogens is 373 g/mol. The van der Waals surface area contributed by atoms with Crippen LogP contribution in [0.3, 0.4) is 0 Å². The highest BCUT2D eigenvalue weighted by Gasteiger charge is 2.29. The summed E-state index contributed by atoms with van der Waals surface area (Å²) in [5.41, 5.74) is 0.375. The van der Waals surface area contributed by atoms with E-state index < -0.39 is 17.7 Å². The van der Waals surface area contributed by atoms with Crippen molar-refractivity contribution in [3.8, 4) is 11.5 Å². The second-order valence-electron chi connectivity index (χ2n) is 5.77. The largest absolute Gasteiger partial charge is 0.452 e. The van der Waals surface area contributed by atoms with Crippen molar-refractivity contribution >= 4 is 29.6 Å². The Morgan fingerprint density at radius 3 is 2.67 bits per heavy atom. The molecule has 0 aliphatic carbocycles. The van der Waals surface area contributed by atoms with Crippen molar-refractivity contribution in [2.75, 3.05) is 13.1 Å². The molecule has 1 heterocycles. The van der Waals surface area contributed by atoms with E-state index in [2.05, 4.69) is 0 Å². The minimum Gasteiger partial charge on any atom is -0.452 e. The number of amides is 1. The number of Topliss-reactive ketones (excluding diaryl/α,β-unsaturated/α-hetero) is 1. The van der Waals surface area contributed by atoms with Crippen molar-refractivity contribution in [1.29, 1.82) is 0 Å². The zero-order chi connectivity index (χ0) is 19.6. The molecule has 27 heavy (non-hydrogen) atoms. The van der Waals surface area contributed by atoms with E-state index in [4.69, 9.17) is 21.1 Å².